The van der Waals surface area contributed by atoms with Crippen molar-refractivity contribution in [3.63, 3.8) is 0 Å². The summed E-state index contributed by atoms with van der Waals surface area (Å²) in [6, 6.07) is 0. The second-order valence-electron chi connectivity index (χ2n) is 2.29. The molecule has 0 atom stereocenters. The van der Waals surface area contributed by atoms with Crippen LogP contribution in [0.4, 0.5) is 0 Å². The molecule has 0 saturated heterocycles. The van der Waals surface area contributed by atoms with Crippen LogP contribution in [0.1, 0.15) is 25.7 Å². The van der Waals surface area contributed by atoms with Gasteiger partial charge in [0.25, 0.3) is 0 Å². The maximum absolute atomic E-state index is 9.78. The number of nitrogens with zero attached hydrogens (tertiary/aromatic N) is 1. The van der Waals surface area contributed by atoms with Gasteiger partial charge in [0, 0.05) is 0 Å². The maximum atomic E-state index is 9.78. The van der Waals surface area contributed by atoms with Crippen LogP contribution in [0, 0.1) is 0 Å². The zero-order chi connectivity index (χ0) is 8.36. The molecule has 4 heteroatoms. The second kappa shape index (κ2) is 10.0. The molecular weight excluding hydrogens is 205 g/mol. The van der Waals surface area contributed by atoms with E-state index in [4.69, 9.17) is 0 Å². The van der Waals surface area contributed by atoms with Crippen molar-refractivity contribution >= 4 is 29.2 Å². The van der Waals surface area contributed by atoms with Crippen LogP contribution in [0.2, 0.25) is 0 Å². The third-order valence-corrected chi connectivity index (χ3v) is 1.90. The first-order chi connectivity index (χ1) is 5.41. The molecule has 0 aliphatic heterocycles. The van der Waals surface area contributed by atoms with Crippen LogP contribution in [0.15, 0.2) is 4.99 Å². The van der Waals surface area contributed by atoms with E-state index in [2.05, 4.69) is 20.9 Å². The topological polar surface area (TPSA) is 29.4 Å². The summed E-state index contributed by atoms with van der Waals surface area (Å²) in [5.41, 5.74) is 0. The SMILES string of the molecule is O=BC=NCCCCCCBr. The molecular formula is C7H13BBrNO. The van der Waals surface area contributed by atoms with Crippen molar-refractivity contribution in [1.29, 1.82) is 0 Å². The molecule has 0 amide bonds. The normalized spacial score (nSPS) is 10.3. The van der Waals surface area contributed by atoms with Crippen molar-refractivity contribution < 1.29 is 4.70 Å². The van der Waals surface area contributed by atoms with Crippen molar-refractivity contribution in [2.24, 2.45) is 4.99 Å². The van der Waals surface area contributed by atoms with E-state index in [9.17, 15) is 4.70 Å². The van der Waals surface area contributed by atoms with Crippen LogP contribution in [0.5, 0.6) is 0 Å². The molecule has 0 fully saturated rings. The Kier molecular flexibility index (Phi) is 10.0. The first kappa shape index (κ1) is 11.0. The van der Waals surface area contributed by atoms with Crippen molar-refractivity contribution in [2.45, 2.75) is 25.7 Å². The standard InChI is InChI=1S/C7H13BBrNO/c9-5-3-1-2-4-6-10-7-8-11/h7H,1-6H2. The molecule has 0 spiro atoms. The molecule has 0 aliphatic rings. The molecule has 0 radical (unpaired) electrons. The average Bonchev–Trinajstić information content (AvgIpc) is 2.03. The van der Waals surface area contributed by atoms with Gasteiger partial charge in [0.15, 0.2) is 0 Å². The van der Waals surface area contributed by atoms with E-state index in [0.29, 0.717) is 0 Å². The summed E-state index contributed by atoms with van der Waals surface area (Å²) >= 11 is 3.37. The van der Waals surface area contributed by atoms with E-state index in [-0.39, 0.29) is 0 Å². The molecule has 62 valence electrons. The molecule has 0 aromatic carbocycles. The van der Waals surface area contributed by atoms with Crippen molar-refractivity contribution in [3.8, 4) is 0 Å². The fourth-order valence-corrected chi connectivity index (χ4v) is 1.17. The Morgan fingerprint density at radius 3 is 2.64 bits per heavy atom. The van der Waals surface area contributed by atoms with Gasteiger partial charge in [-0.3, -0.25) is 0 Å². The molecule has 0 aromatic heterocycles. The Morgan fingerprint density at radius 2 is 2.00 bits per heavy atom. The fourth-order valence-electron chi connectivity index (χ4n) is 0.769. The summed E-state index contributed by atoms with van der Waals surface area (Å²) in [4.78, 5) is 3.88. The number of aliphatic imine (C=N–C) groups is 1. The van der Waals surface area contributed by atoms with Crippen LogP contribution in [-0.2, 0) is 4.70 Å². The fraction of sp³-hybridized carbons (Fsp3) is 0.857. The van der Waals surface area contributed by atoms with E-state index in [1.165, 1.54) is 25.4 Å². The first-order valence-electron chi connectivity index (χ1n) is 3.91. The monoisotopic (exact) mass is 217 g/mol. The minimum absolute atomic E-state index is 0.721. The van der Waals surface area contributed by atoms with E-state index < -0.39 is 0 Å². The van der Waals surface area contributed by atoms with Crippen LogP contribution >= 0.6 is 15.9 Å². The number of hydrogen-bond acceptors (Lipinski definition) is 2. The zero-order valence-corrected chi connectivity index (χ0v) is 8.22. The molecule has 11 heavy (non-hydrogen) atoms. The molecule has 0 N–H and O–H groups in total. The van der Waals surface area contributed by atoms with Gasteiger partial charge in [0.05, 0.1) is 0 Å². The quantitative estimate of drug-likeness (QED) is 0.278. The van der Waals surface area contributed by atoms with E-state index >= 15 is 0 Å². The van der Waals surface area contributed by atoms with Crippen LogP contribution in [0.25, 0.3) is 0 Å². The predicted molar refractivity (Wildman–Crippen MR) is 52.1 cm³/mol. The van der Waals surface area contributed by atoms with E-state index in [1.54, 1.807) is 0 Å². The molecule has 0 unspecified atom stereocenters. The summed E-state index contributed by atoms with van der Waals surface area (Å²) < 4.78 is 9.78. The Balaban J connectivity index is 2.90. The van der Waals surface area contributed by atoms with Crippen molar-refractivity contribution in [2.75, 3.05) is 11.9 Å². The average molecular weight is 218 g/mol. The van der Waals surface area contributed by atoms with Gasteiger partial charge in [-0.15, -0.1) is 0 Å². The molecule has 0 saturated carbocycles. The minimum atomic E-state index is 0.721. The Labute approximate surface area is 76.9 Å². The van der Waals surface area contributed by atoms with Gasteiger partial charge in [-0.1, -0.05) is 0 Å². The van der Waals surface area contributed by atoms with Crippen LogP contribution < -0.4 is 0 Å². The number of alkyl halides is 1. The Morgan fingerprint density at radius 1 is 1.27 bits per heavy atom. The van der Waals surface area contributed by atoms with Gasteiger partial charge >= 0.3 is 76.4 Å². The summed E-state index contributed by atoms with van der Waals surface area (Å²) in [5.74, 6) is 0. The number of rotatable bonds is 7. The number of hydrogen-bond donors (Lipinski definition) is 0. The molecule has 2 nitrogen and oxygen atoms in total. The second-order valence-corrected chi connectivity index (χ2v) is 3.09. The summed E-state index contributed by atoms with van der Waals surface area (Å²) in [5, 5.41) is 1.09. The molecule has 0 heterocycles. The van der Waals surface area contributed by atoms with Gasteiger partial charge in [0.2, 0.25) is 0 Å². The van der Waals surface area contributed by atoms with Crippen molar-refractivity contribution in [3.05, 3.63) is 0 Å². The first-order valence-corrected chi connectivity index (χ1v) is 5.03. The van der Waals surface area contributed by atoms with Gasteiger partial charge in [-0.25, -0.2) is 0 Å². The zero-order valence-electron chi connectivity index (χ0n) is 6.63. The summed E-state index contributed by atoms with van der Waals surface area (Å²) in [7, 11) is 0.721. The third kappa shape index (κ3) is 10.0. The van der Waals surface area contributed by atoms with Gasteiger partial charge < -0.3 is 0 Å². The third-order valence-electron chi connectivity index (χ3n) is 1.34. The van der Waals surface area contributed by atoms with E-state index in [0.717, 1.165) is 25.4 Å². The molecule has 0 aromatic rings. The van der Waals surface area contributed by atoms with Gasteiger partial charge in [-0.2, -0.15) is 0 Å². The summed E-state index contributed by atoms with van der Waals surface area (Å²) in [6.07, 6.45) is 6.11. The predicted octanol–water partition coefficient (Wildman–Crippen LogP) is 2.02. The van der Waals surface area contributed by atoms with E-state index in [1.807, 2.05) is 0 Å². The number of unbranched alkanes of at least 4 members (excludes halogenated alkanes) is 3. The van der Waals surface area contributed by atoms with Gasteiger partial charge in [0.1, 0.15) is 0 Å². The van der Waals surface area contributed by atoms with Crippen molar-refractivity contribution in [1.82, 2.24) is 0 Å². The Bertz CT molecular complexity index is 119. The molecule has 0 aliphatic carbocycles. The molecule has 0 bridgehead atoms. The Hall–Kier alpha value is 0.0149. The summed E-state index contributed by atoms with van der Waals surface area (Å²) in [6.45, 7) is 0.793. The van der Waals surface area contributed by atoms with Crippen LogP contribution in [-0.4, -0.2) is 25.1 Å². The number of halogens is 1. The van der Waals surface area contributed by atoms with Gasteiger partial charge in [-0.05, 0) is 0 Å². The van der Waals surface area contributed by atoms with Crippen LogP contribution in [0.3, 0.4) is 0 Å². The molecule has 0 rings (SSSR count).